The van der Waals surface area contributed by atoms with Crippen LogP contribution in [-0.2, 0) is 17.9 Å². The molecule has 0 fully saturated rings. The number of aryl methyl sites for hydroxylation is 1. The summed E-state index contributed by atoms with van der Waals surface area (Å²) in [4.78, 5) is 29.3. The van der Waals surface area contributed by atoms with Gasteiger partial charge in [0.2, 0.25) is 12.7 Å². The van der Waals surface area contributed by atoms with Crippen LogP contribution in [0.2, 0.25) is 0 Å². The molecule has 1 aromatic carbocycles. The molecule has 0 bridgehead atoms. The molecule has 32 heavy (non-hydrogen) atoms. The second-order valence-corrected chi connectivity index (χ2v) is 8.26. The zero-order valence-electron chi connectivity index (χ0n) is 19.3. The van der Waals surface area contributed by atoms with Crippen molar-refractivity contribution in [2.75, 3.05) is 19.9 Å². The van der Waals surface area contributed by atoms with E-state index in [1.807, 2.05) is 51.1 Å². The quantitative estimate of drug-likeness (QED) is 0.560. The summed E-state index contributed by atoms with van der Waals surface area (Å²) in [6, 6.07) is 9.05. The highest BCUT2D eigenvalue weighted by Crippen LogP contribution is 2.33. The summed E-state index contributed by atoms with van der Waals surface area (Å²) in [7, 11) is 0. The van der Waals surface area contributed by atoms with Crippen molar-refractivity contribution < 1.29 is 23.5 Å². The summed E-state index contributed by atoms with van der Waals surface area (Å²) in [6.07, 6.45) is 1.90. The van der Waals surface area contributed by atoms with Gasteiger partial charge >= 0.3 is 6.03 Å². The largest absolute Gasteiger partial charge is 0.464 e. The minimum atomic E-state index is -0.223. The Kier molecular flexibility index (Phi) is 8.03. The Morgan fingerprint density at radius 3 is 2.56 bits per heavy atom. The number of carbonyl (C=O) groups is 2. The van der Waals surface area contributed by atoms with Gasteiger partial charge in [0, 0.05) is 19.1 Å². The summed E-state index contributed by atoms with van der Waals surface area (Å²) in [5.74, 6) is 2.69. The molecule has 2 heterocycles. The number of nitrogens with one attached hydrogen (secondary N) is 1. The summed E-state index contributed by atoms with van der Waals surface area (Å²) < 4.78 is 16.6. The van der Waals surface area contributed by atoms with Crippen LogP contribution < -0.4 is 14.8 Å². The number of amides is 3. The first-order valence-electron chi connectivity index (χ1n) is 11.1. The van der Waals surface area contributed by atoms with Crippen LogP contribution in [0.25, 0.3) is 0 Å². The van der Waals surface area contributed by atoms with E-state index in [2.05, 4.69) is 12.2 Å². The first-order chi connectivity index (χ1) is 15.4. The molecular formula is C24H33N3O5. The SMILES string of the molecule is CCCCNC(=O)N(CC(=O)N(Cc1ccc2c(c1)OCO2)Cc1ccc(C)o1)C(C)C. The van der Waals surface area contributed by atoms with Gasteiger partial charge in [-0.3, -0.25) is 4.79 Å². The number of benzene rings is 1. The molecule has 174 valence electrons. The number of carbonyl (C=O) groups excluding carboxylic acids is 2. The fourth-order valence-corrected chi connectivity index (χ4v) is 3.46. The topological polar surface area (TPSA) is 84.3 Å². The molecule has 0 saturated carbocycles. The van der Waals surface area contributed by atoms with Gasteiger partial charge in [-0.15, -0.1) is 0 Å². The Morgan fingerprint density at radius 1 is 1.09 bits per heavy atom. The molecule has 1 aromatic heterocycles. The monoisotopic (exact) mass is 443 g/mol. The van der Waals surface area contributed by atoms with Crippen molar-refractivity contribution in [1.29, 1.82) is 0 Å². The number of nitrogens with zero attached hydrogens (tertiary/aromatic N) is 2. The zero-order valence-corrected chi connectivity index (χ0v) is 19.3. The predicted octanol–water partition coefficient (Wildman–Crippen LogP) is 4.07. The van der Waals surface area contributed by atoms with E-state index >= 15 is 0 Å². The Hall–Kier alpha value is -3.16. The molecule has 0 spiro atoms. The fraction of sp³-hybridized carbons (Fsp3) is 0.500. The van der Waals surface area contributed by atoms with E-state index in [0.717, 1.165) is 24.2 Å². The molecule has 3 rings (SSSR count). The lowest BCUT2D eigenvalue weighted by Crippen LogP contribution is -2.49. The highest BCUT2D eigenvalue weighted by molar-refractivity contribution is 5.84. The van der Waals surface area contributed by atoms with Crippen LogP contribution in [0, 0.1) is 6.92 Å². The molecule has 2 aromatic rings. The summed E-state index contributed by atoms with van der Waals surface area (Å²) >= 11 is 0. The van der Waals surface area contributed by atoms with Crippen molar-refractivity contribution in [2.24, 2.45) is 0 Å². The van der Waals surface area contributed by atoms with Crippen LogP contribution in [0.15, 0.2) is 34.7 Å². The highest BCUT2D eigenvalue weighted by Gasteiger charge is 2.25. The van der Waals surface area contributed by atoms with E-state index in [1.165, 1.54) is 0 Å². The third kappa shape index (κ3) is 6.18. The maximum atomic E-state index is 13.3. The Labute approximate surface area is 189 Å². The second kappa shape index (κ2) is 10.9. The van der Waals surface area contributed by atoms with E-state index in [9.17, 15) is 9.59 Å². The van der Waals surface area contributed by atoms with E-state index < -0.39 is 0 Å². The van der Waals surface area contributed by atoms with Gasteiger partial charge in [0.05, 0.1) is 6.54 Å². The van der Waals surface area contributed by atoms with Crippen molar-refractivity contribution in [2.45, 2.75) is 59.7 Å². The standard InChI is InChI=1S/C24H33N3O5/c1-5-6-11-25-24(29)27(17(2)3)15-23(28)26(14-20-9-7-18(4)32-20)13-19-8-10-21-22(12-19)31-16-30-21/h7-10,12,17H,5-6,11,13-16H2,1-4H3,(H,25,29). The van der Waals surface area contributed by atoms with E-state index in [0.29, 0.717) is 36.9 Å². The van der Waals surface area contributed by atoms with Crippen LogP contribution >= 0.6 is 0 Å². The summed E-state index contributed by atoms with van der Waals surface area (Å²) in [6.45, 7) is 9.20. The molecule has 3 amide bonds. The minimum absolute atomic E-state index is 0.0140. The number of urea groups is 1. The average Bonchev–Trinajstić information content (AvgIpc) is 3.39. The molecule has 0 aliphatic carbocycles. The smallest absolute Gasteiger partial charge is 0.318 e. The van der Waals surface area contributed by atoms with Crippen LogP contribution in [-0.4, -0.2) is 47.7 Å². The first kappa shape index (κ1) is 23.5. The number of ether oxygens (including phenoxy) is 2. The fourth-order valence-electron chi connectivity index (χ4n) is 3.46. The lowest BCUT2D eigenvalue weighted by Gasteiger charge is -2.30. The molecule has 1 aliphatic heterocycles. The van der Waals surface area contributed by atoms with Crippen molar-refractivity contribution in [3.63, 3.8) is 0 Å². The Bertz CT molecular complexity index is 924. The van der Waals surface area contributed by atoms with Crippen LogP contribution in [0.1, 0.15) is 50.7 Å². The third-order valence-corrected chi connectivity index (χ3v) is 5.30. The first-order valence-corrected chi connectivity index (χ1v) is 11.1. The van der Waals surface area contributed by atoms with Crippen molar-refractivity contribution in [3.8, 4) is 11.5 Å². The van der Waals surface area contributed by atoms with Gasteiger partial charge < -0.3 is 29.0 Å². The minimum Gasteiger partial charge on any atom is -0.464 e. The van der Waals surface area contributed by atoms with Crippen LogP contribution in [0.5, 0.6) is 11.5 Å². The number of fused-ring (bicyclic) bond motifs is 1. The Balaban J connectivity index is 1.74. The molecule has 0 radical (unpaired) electrons. The average molecular weight is 444 g/mol. The maximum absolute atomic E-state index is 13.3. The van der Waals surface area contributed by atoms with Crippen molar-refractivity contribution in [3.05, 3.63) is 47.4 Å². The van der Waals surface area contributed by atoms with E-state index in [-0.39, 0.29) is 31.3 Å². The molecule has 1 N–H and O–H groups in total. The molecule has 0 atom stereocenters. The number of rotatable bonds is 10. The highest BCUT2D eigenvalue weighted by atomic mass is 16.7. The van der Waals surface area contributed by atoms with Gasteiger partial charge in [-0.05, 0) is 57.0 Å². The van der Waals surface area contributed by atoms with Crippen LogP contribution in [0.4, 0.5) is 4.79 Å². The molecule has 8 nitrogen and oxygen atoms in total. The lowest BCUT2D eigenvalue weighted by molar-refractivity contribution is -0.133. The van der Waals surface area contributed by atoms with Crippen molar-refractivity contribution in [1.82, 2.24) is 15.1 Å². The van der Waals surface area contributed by atoms with Gasteiger partial charge in [0.15, 0.2) is 11.5 Å². The summed E-state index contributed by atoms with van der Waals surface area (Å²) in [5, 5.41) is 2.91. The maximum Gasteiger partial charge on any atom is 0.318 e. The lowest BCUT2D eigenvalue weighted by atomic mass is 10.1. The van der Waals surface area contributed by atoms with Gasteiger partial charge in [0.1, 0.15) is 18.1 Å². The number of furan rings is 1. The molecule has 1 aliphatic rings. The van der Waals surface area contributed by atoms with E-state index in [4.69, 9.17) is 13.9 Å². The van der Waals surface area contributed by atoms with Crippen LogP contribution in [0.3, 0.4) is 0 Å². The molecular weight excluding hydrogens is 410 g/mol. The number of unbranched alkanes of at least 4 members (excludes halogenated alkanes) is 1. The molecule has 0 saturated heterocycles. The normalized spacial score (nSPS) is 12.2. The van der Waals surface area contributed by atoms with Gasteiger partial charge in [-0.1, -0.05) is 19.4 Å². The second-order valence-electron chi connectivity index (χ2n) is 8.26. The van der Waals surface area contributed by atoms with Gasteiger partial charge in [-0.25, -0.2) is 4.79 Å². The zero-order chi connectivity index (χ0) is 23.1. The predicted molar refractivity (Wildman–Crippen MR) is 120 cm³/mol. The number of hydrogen-bond acceptors (Lipinski definition) is 5. The number of hydrogen-bond donors (Lipinski definition) is 1. The Morgan fingerprint density at radius 2 is 1.88 bits per heavy atom. The van der Waals surface area contributed by atoms with Crippen molar-refractivity contribution >= 4 is 11.9 Å². The summed E-state index contributed by atoms with van der Waals surface area (Å²) in [5.41, 5.74) is 0.911. The van der Waals surface area contributed by atoms with Gasteiger partial charge in [-0.2, -0.15) is 0 Å². The van der Waals surface area contributed by atoms with E-state index in [1.54, 1.807) is 9.80 Å². The third-order valence-electron chi connectivity index (χ3n) is 5.30. The van der Waals surface area contributed by atoms with Gasteiger partial charge in [0.25, 0.3) is 0 Å². The molecule has 0 unspecified atom stereocenters. The molecule has 8 heteroatoms.